The Bertz CT molecular complexity index is 1170. The molecule has 0 aromatic heterocycles. The van der Waals surface area contributed by atoms with E-state index in [9.17, 15) is 9.59 Å². The quantitative estimate of drug-likeness (QED) is 0.647. The van der Waals surface area contributed by atoms with Crippen LogP contribution in [0.2, 0.25) is 0 Å². The van der Waals surface area contributed by atoms with Gasteiger partial charge >= 0.3 is 0 Å². The van der Waals surface area contributed by atoms with E-state index in [0.717, 1.165) is 33.7 Å². The van der Waals surface area contributed by atoms with Crippen molar-refractivity contribution in [2.75, 3.05) is 12.0 Å². The van der Waals surface area contributed by atoms with Gasteiger partial charge < -0.3 is 10.1 Å². The van der Waals surface area contributed by atoms with Crippen LogP contribution in [0.4, 0.5) is 5.69 Å². The number of benzene rings is 3. The molecule has 4 rings (SSSR count). The van der Waals surface area contributed by atoms with Gasteiger partial charge in [-0.25, -0.2) is 0 Å². The second-order valence-electron chi connectivity index (χ2n) is 8.63. The zero-order chi connectivity index (χ0) is 22.9. The summed E-state index contributed by atoms with van der Waals surface area (Å²) in [6.07, 6.45) is 0.436. The second kappa shape index (κ2) is 8.50. The molecule has 2 amide bonds. The molecule has 3 aromatic carbocycles. The van der Waals surface area contributed by atoms with Crippen LogP contribution in [0.1, 0.15) is 39.5 Å². The van der Waals surface area contributed by atoms with E-state index in [-0.39, 0.29) is 11.8 Å². The fourth-order valence-electron chi connectivity index (χ4n) is 4.50. The minimum absolute atomic E-state index is 0.157. The Balaban J connectivity index is 1.72. The third kappa shape index (κ3) is 3.98. The van der Waals surface area contributed by atoms with Crippen LogP contribution in [0.25, 0.3) is 0 Å². The molecule has 5 nitrogen and oxygen atoms in total. The number of nitrogens with one attached hydrogen (secondary N) is 1. The first kappa shape index (κ1) is 21.6. The van der Waals surface area contributed by atoms with Gasteiger partial charge in [0.05, 0.1) is 7.11 Å². The maximum absolute atomic E-state index is 13.6. The number of nitrogens with zero attached hydrogens (tertiary/aromatic N) is 1. The van der Waals surface area contributed by atoms with Crippen molar-refractivity contribution in [2.45, 2.75) is 39.3 Å². The molecule has 0 spiro atoms. The summed E-state index contributed by atoms with van der Waals surface area (Å²) >= 11 is 0. The van der Waals surface area contributed by atoms with Gasteiger partial charge in [-0.3, -0.25) is 14.5 Å². The maximum Gasteiger partial charge on any atom is 0.259 e. The van der Waals surface area contributed by atoms with Gasteiger partial charge in [0, 0.05) is 24.2 Å². The van der Waals surface area contributed by atoms with E-state index in [0.29, 0.717) is 18.5 Å². The molecular weight excluding hydrogens is 400 g/mol. The van der Waals surface area contributed by atoms with Crippen LogP contribution in [0.15, 0.2) is 66.7 Å². The summed E-state index contributed by atoms with van der Waals surface area (Å²) in [5, 5.41) is 3.05. The number of carbonyl (C=O) groups excluding carboxylic acids is 2. The molecule has 0 aliphatic carbocycles. The van der Waals surface area contributed by atoms with Crippen molar-refractivity contribution in [1.29, 1.82) is 0 Å². The van der Waals surface area contributed by atoms with Crippen LogP contribution in [0.5, 0.6) is 5.75 Å². The largest absolute Gasteiger partial charge is 0.497 e. The molecule has 1 aliphatic heterocycles. The third-order valence-corrected chi connectivity index (χ3v) is 6.02. The van der Waals surface area contributed by atoms with Crippen LogP contribution >= 0.6 is 0 Å². The molecule has 1 atom stereocenters. The molecular formula is C27H28N2O3. The highest BCUT2D eigenvalue weighted by Crippen LogP contribution is 2.36. The number of rotatable bonds is 5. The van der Waals surface area contributed by atoms with E-state index in [4.69, 9.17) is 4.74 Å². The van der Waals surface area contributed by atoms with Crippen LogP contribution in [-0.2, 0) is 17.8 Å². The van der Waals surface area contributed by atoms with Crippen molar-refractivity contribution in [2.24, 2.45) is 0 Å². The number of ether oxygens (including phenoxy) is 1. The third-order valence-electron chi connectivity index (χ3n) is 6.02. The molecule has 0 unspecified atom stereocenters. The van der Waals surface area contributed by atoms with Gasteiger partial charge in [0.25, 0.3) is 5.91 Å². The molecule has 0 saturated carbocycles. The number of fused-ring (bicyclic) bond motifs is 1. The molecule has 3 aromatic rings. The van der Waals surface area contributed by atoms with Crippen LogP contribution in [-0.4, -0.2) is 24.5 Å². The fraction of sp³-hybridized carbons (Fsp3) is 0.259. The Labute approximate surface area is 189 Å². The smallest absolute Gasteiger partial charge is 0.259 e. The first-order chi connectivity index (χ1) is 15.3. The van der Waals surface area contributed by atoms with Gasteiger partial charge in [-0.2, -0.15) is 0 Å². The van der Waals surface area contributed by atoms with Gasteiger partial charge in [0.1, 0.15) is 11.3 Å². The Morgan fingerprint density at radius 1 is 1.03 bits per heavy atom. The van der Waals surface area contributed by atoms with Gasteiger partial charge in [0.15, 0.2) is 0 Å². The molecule has 1 heterocycles. The van der Waals surface area contributed by atoms with E-state index in [1.165, 1.54) is 0 Å². The first-order valence-corrected chi connectivity index (χ1v) is 10.7. The van der Waals surface area contributed by atoms with E-state index in [1.807, 2.05) is 81.4 Å². The second-order valence-corrected chi connectivity index (χ2v) is 8.63. The number of aryl methyl sites for hydroxylation is 2. The van der Waals surface area contributed by atoms with Gasteiger partial charge in [0.2, 0.25) is 5.91 Å². The summed E-state index contributed by atoms with van der Waals surface area (Å²) in [6, 6.07) is 21.1. The lowest BCUT2D eigenvalue weighted by Crippen LogP contribution is -2.63. The predicted octanol–water partition coefficient (Wildman–Crippen LogP) is 4.59. The Morgan fingerprint density at radius 3 is 2.47 bits per heavy atom. The Hall–Kier alpha value is -3.60. The lowest BCUT2D eigenvalue weighted by molar-refractivity contribution is -0.126. The first-order valence-electron chi connectivity index (χ1n) is 10.7. The number of methoxy groups -OCH3 is 1. The minimum atomic E-state index is -1.06. The van der Waals surface area contributed by atoms with Crippen molar-refractivity contribution in [3.63, 3.8) is 0 Å². The highest BCUT2D eigenvalue weighted by molar-refractivity contribution is 6.14. The van der Waals surface area contributed by atoms with Gasteiger partial charge in [-0.05, 0) is 73.4 Å². The van der Waals surface area contributed by atoms with Crippen molar-refractivity contribution in [3.05, 3.63) is 94.5 Å². The van der Waals surface area contributed by atoms with Crippen LogP contribution < -0.4 is 15.0 Å². The number of carbonyl (C=O) groups is 2. The number of hydrogen-bond donors (Lipinski definition) is 1. The minimum Gasteiger partial charge on any atom is -0.497 e. The van der Waals surface area contributed by atoms with E-state index in [2.05, 4.69) is 11.4 Å². The zero-order valence-electron chi connectivity index (χ0n) is 18.9. The van der Waals surface area contributed by atoms with Gasteiger partial charge in [-0.1, -0.05) is 36.4 Å². The molecule has 1 aliphatic rings. The number of hydrogen-bond acceptors (Lipinski definition) is 3. The summed E-state index contributed by atoms with van der Waals surface area (Å²) in [5.41, 5.74) is 4.23. The Kier molecular flexibility index (Phi) is 5.74. The van der Waals surface area contributed by atoms with Gasteiger partial charge in [-0.15, -0.1) is 0 Å². The van der Waals surface area contributed by atoms with E-state index < -0.39 is 5.54 Å². The van der Waals surface area contributed by atoms with E-state index in [1.54, 1.807) is 12.0 Å². The highest BCUT2D eigenvalue weighted by atomic mass is 16.5. The highest BCUT2D eigenvalue weighted by Gasteiger charge is 2.47. The average molecular weight is 429 g/mol. The van der Waals surface area contributed by atoms with E-state index >= 15 is 0 Å². The molecule has 164 valence electrons. The molecule has 1 N–H and O–H groups in total. The predicted molar refractivity (Wildman–Crippen MR) is 126 cm³/mol. The molecule has 0 radical (unpaired) electrons. The lowest BCUT2D eigenvalue weighted by atomic mass is 9.82. The topological polar surface area (TPSA) is 58.6 Å². The zero-order valence-corrected chi connectivity index (χ0v) is 18.9. The van der Waals surface area contributed by atoms with Crippen molar-refractivity contribution < 1.29 is 14.3 Å². The molecule has 0 saturated heterocycles. The summed E-state index contributed by atoms with van der Waals surface area (Å²) in [4.78, 5) is 28.9. The SMILES string of the molecule is COc1cccc(CNC(=O)[C@]2(C)Cc3ccccc3C(=O)N2c2cc(C)cc(C)c2)c1. The molecule has 5 heteroatoms. The molecule has 32 heavy (non-hydrogen) atoms. The van der Waals surface area contributed by atoms with Crippen LogP contribution in [0, 0.1) is 13.8 Å². The van der Waals surface area contributed by atoms with Crippen molar-refractivity contribution in [3.8, 4) is 5.75 Å². The van der Waals surface area contributed by atoms with Crippen LogP contribution in [0.3, 0.4) is 0 Å². The van der Waals surface area contributed by atoms with Crippen molar-refractivity contribution in [1.82, 2.24) is 5.32 Å². The summed E-state index contributed by atoms with van der Waals surface area (Å²) in [6.45, 7) is 6.19. The summed E-state index contributed by atoms with van der Waals surface area (Å²) in [7, 11) is 1.62. The molecule has 0 bridgehead atoms. The summed E-state index contributed by atoms with van der Waals surface area (Å²) < 4.78 is 5.28. The maximum atomic E-state index is 13.6. The number of anilines is 1. The summed E-state index contributed by atoms with van der Waals surface area (Å²) in [5.74, 6) is 0.389. The average Bonchev–Trinajstić information content (AvgIpc) is 2.77. The molecule has 0 fully saturated rings. The number of amides is 2. The lowest BCUT2D eigenvalue weighted by Gasteiger charge is -2.44. The fourth-order valence-corrected chi connectivity index (χ4v) is 4.50. The normalized spacial score (nSPS) is 17.6. The monoisotopic (exact) mass is 428 g/mol. The van der Waals surface area contributed by atoms with Crippen molar-refractivity contribution >= 4 is 17.5 Å². The Morgan fingerprint density at radius 2 is 1.75 bits per heavy atom. The standard InChI is InChI=1S/C27H28N2O3/c1-18-12-19(2)14-22(13-18)29-25(30)24-11-6-5-9-21(24)16-27(29,3)26(31)28-17-20-8-7-10-23(15-20)32-4/h5-15H,16-17H2,1-4H3,(H,28,31)/t27-/m0/s1.